The van der Waals surface area contributed by atoms with Crippen molar-refractivity contribution in [1.29, 1.82) is 0 Å². The Morgan fingerprint density at radius 3 is 2.60 bits per heavy atom. The molecule has 0 saturated heterocycles. The van der Waals surface area contributed by atoms with Crippen LogP contribution in [0, 0.1) is 11.6 Å². The fraction of sp³-hybridized carbons (Fsp3) is 0.417. The Morgan fingerprint density at radius 1 is 1.40 bits per heavy atom. The number of carbonyl (C=O) groups is 1. The lowest BCUT2D eigenvalue weighted by Gasteiger charge is -2.13. The van der Waals surface area contributed by atoms with E-state index in [-0.39, 0.29) is 12.0 Å². The number of aldehydes is 1. The summed E-state index contributed by atoms with van der Waals surface area (Å²) in [6.45, 7) is 3.46. The first kappa shape index (κ1) is 11.8. The van der Waals surface area contributed by atoms with Gasteiger partial charge in [0.25, 0.3) is 0 Å². The van der Waals surface area contributed by atoms with Gasteiger partial charge in [0.1, 0.15) is 17.9 Å². The van der Waals surface area contributed by atoms with Crippen molar-refractivity contribution in [2.75, 3.05) is 0 Å². The Balaban J connectivity index is 3.19. The Labute approximate surface area is 88.1 Å². The molecule has 0 bridgehead atoms. The fourth-order valence-electron chi connectivity index (χ4n) is 1.60. The van der Waals surface area contributed by atoms with Crippen LogP contribution in [-0.2, 0) is 11.2 Å². The standard InChI is InChI=1S/C12H14F2O/c1-3-9-4-5-10(13)11(12(9)14)8(2)6-7-15/h4-5,7-8H,3,6H2,1-2H3. The molecular weight excluding hydrogens is 198 g/mol. The first-order valence-corrected chi connectivity index (χ1v) is 5.02. The fourth-order valence-corrected chi connectivity index (χ4v) is 1.60. The van der Waals surface area contributed by atoms with Crippen LogP contribution in [0.3, 0.4) is 0 Å². The van der Waals surface area contributed by atoms with Crippen LogP contribution < -0.4 is 0 Å². The molecule has 1 atom stereocenters. The molecule has 1 unspecified atom stereocenters. The smallest absolute Gasteiger partial charge is 0.132 e. The molecule has 1 aromatic rings. The molecule has 0 saturated carbocycles. The molecule has 0 aliphatic heterocycles. The second kappa shape index (κ2) is 5.01. The minimum Gasteiger partial charge on any atom is -0.303 e. The number of rotatable bonds is 4. The molecular formula is C12H14F2O. The van der Waals surface area contributed by atoms with Gasteiger partial charge in [0.15, 0.2) is 0 Å². The van der Waals surface area contributed by atoms with Gasteiger partial charge in [-0.15, -0.1) is 0 Å². The van der Waals surface area contributed by atoms with Gasteiger partial charge in [0, 0.05) is 12.0 Å². The maximum atomic E-state index is 13.8. The normalized spacial score (nSPS) is 12.5. The summed E-state index contributed by atoms with van der Waals surface area (Å²) in [6.07, 6.45) is 1.34. The van der Waals surface area contributed by atoms with Gasteiger partial charge >= 0.3 is 0 Å². The van der Waals surface area contributed by atoms with Crippen molar-refractivity contribution >= 4 is 6.29 Å². The Kier molecular flexibility index (Phi) is 3.95. The summed E-state index contributed by atoms with van der Waals surface area (Å²) in [5.74, 6) is -1.49. The van der Waals surface area contributed by atoms with Crippen molar-refractivity contribution < 1.29 is 13.6 Å². The van der Waals surface area contributed by atoms with Gasteiger partial charge in [-0.05, 0) is 24.0 Å². The molecule has 3 heteroatoms. The van der Waals surface area contributed by atoms with Crippen LogP contribution in [0.5, 0.6) is 0 Å². The van der Waals surface area contributed by atoms with Crippen LogP contribution in [0.15, 0.2) is 12.1 Å². The highest BCUT2D eigenvalue weighted by Gasteiger charge is 2.18. The summed E-state index contributed by atoms with van der Waals surface area (Å²) in [5, 5.41) is 0. The predicted molar refractivity (Wildman–Crippen MR) is 54.8 cm³/mol. The zero-order valence-electron chi connectivity index (χ0n) is 8.89. The maximum absolute atomic E-state index is 13.8. The highest BCUT2D eigenvalue weighted by molar-refractivity contribution is 5.51. The largest absolute Gasteiger partial charge is 0.303 e. The van der Waals surface area contributed by atoms with Crippen LogP contribution >= 0.6 is 0 Å². The van der Waals surface area contributed by atoms with Crippen molar-refractivity contribution in [1.82, 2.24) is 0 Å². The van der Waals surface area contributed by atoms with E-state index in [1.807, 2.05) is 6.92 Å². The molecule has 0 amide bonds. The number of aryl methyl sites for hydroxylation is 1. The van der Waals surface area contributed by atoms with Crippen LogP contribution in [0.1, 0.15) is 37.3 Å². The third-order valence-corrected chi connectivity index (χ3v) is 2.53. The van der Waals surface area contributed by atoms with Crippen LogP contribution in [-0.4, -0.2) is 6.29 Å². The van der Waals surface area contributed by atoms with Crippen LogP contribution in [0.2, 0.25) is 0 Å². The molecule has 0 spiro atoms. The lowest BCUT2D eigenvalue weighted by molar-refractivity contribution is -0.108. The van der Waals surface area contributed by atoms with Gasteiger partial charge in [0.05, 0.1) is 0 Å². The quantitative estimate of drug-likeness (QED) is 0.700. The van der Waals surface area contributed by atoms with Crippen LogP contribution in [0.4, 0.5) is 8.78 Å². The highest BCUT2D eigenvalue weighted by Crippen LogP contribution is 2.26. The third kappa shape index (κ3) is 2.41. The monoisotopic (exact) mass is 212 g/mol. The number of benzene rings is 1. The Hall–Kier alpha value is -1.25. The van der Waals surface area contributed by atoms with E-state index in [9.17, 15) is 13.6 Å². The van der Waals surface area contributed by atoms with Gasteiger partial charge in [0.2, 0.25) is 0 Å². The van der Waals surface area contributed by atoms with Crippen molar-refractivity contribution in [3.8, 4) is 0 Å². The molecule has 0 N–H and O–H groups in total. The lowest BCUT2D eigenvalue weighted by Crippen LogP contribution is -2.05. The van der Waals surface area contributed by atoms with E-state index >= 15 is 0 Å². The maximum Gasteiger partial charge on any atom is 0.132 e. The summed E-state index contributed by atoms with van der Waals surface area (Å²) in [7, 11) is 0. The first-order chi connectivity index (χ1) is 7.11. The molecule has 15 heavy (non-hydrogen) atoms. The van der Waals surface area contributed by atoms with Gasteiger partial charge in [-0.2, -0.15) is 0 Å². The number of hydrogen-bond acceptors (Lipinski definition) is 1. The molecule has 0 heterocycles. The molecule has 1 aromatic carbocycles. The summed E-state index contributed by atoms with van der Waals surface area (Å²) >= 11 is 0. The SMILES string of the molecule is CCc1ccc(F)c(C(C)CC=O)c1F. The molecule has 1 rings (SSSR count). The van der Waals surface area contributed by atoms with Crippen molar-refractivity contribution in [2.24, 2.45) is 0 Å². The van der Waals surface area contributed by atoms with Gasteiger partial charge in [-0.1, -0.05) is 19.9 Å². The van der Waals surface area contributed by atoms with Crippen LogP contribution in [0.25, 0.3) is 0 Å². The highest BCUT2D eigenvalue weighted by atomic mass is 19.1. The summed E-state index contributed by atoms with van der Waals surface area (Å²) in [4.78, 5) is 10.3. The number of halogens is 2. The minimum absolute atomic E-state index is 0.0291. The molecule has 0 fully saturated rings. The van der Waals surface area contributed by atoms with E-state index in [1.165, 1.54) is 12.1 Å². The second-order valence-electron chi connectivity index (χ2n) is 3.59. The van der Waals surface area contributed by atoms with Gasteiger partial charge in [-0.25, -0.2) is 8.78 Å². The summed E-state index contributed by atoms with van der Waals surface area (Å²) in [6, 6.07) is 2.71. The van der Waals surface area contributed by atoms with E-state index in [0.29, 0.717) is 18.3 Å². The first-order valence-electron chi connectivity index (χ1n) is 5.02. The molecule has 0 aromatic heterocycles. The molecule has 0 radical (unpaired) electrons. The van der Waals surface area contributed by atoms with E-state index < -0.39 is 17.6 Å². The summed E-state index contributed by atoms with van der Waals surface area (Å²) < 4.78 is 27.1. The lowest BCUT2D eigenvalue weighted by atomic mass is 9.94. The van der Waals surface area contributed by atoms with Crippen molar-refractivity contribution in [3.05, 3.63) is 34.9 Å². The Bertz CT molecular complexity index is 361. The second-order valence-corrected chi connectivity index (χ2v) is 3.59. The van der Waals surface area contributed by atoms with E-state index in [1.54, 1.807) is 6.92 Å². The predicted octanol–water partition coefficient (Wildman–Crippen LogP) is 3.22. The zero-order valence-corrected chi connectivity index (χ0v) is 8.89. The number of carbonyl (C=O) groups excluding carboxylic acids is 1. The topological polar surface area (TPSA) is 17.1 Å². The van der Waals surface area contributed by atoms with E-state index in [2.05, 4.69) is 0 Å². The van der Waals surface area contributed by atoms with Gasteiger partial charge in [-0.3, -0.25) is 0 Å². The molecule has 1 nitrogen and oxygen atoms in total. The van der Waals surface area contributed by atoms with Crippen molar-refractivity contribution in [3.63, 3.8) is 0 Å². The molecule has 82 valence electrons. The Morgan fingerprint density at radius 2 is 2.07 bits per heavy atom. The molecule has 0 aliphatic carbocycles. The third-order valence-electron chi connectivity index (χ3n) is 2.53. The average Bonchev–Trinajstić information content (AvgIpc) is 2.18. The summed E-state index contributed by atoms with van der Waals surface area (Å²) in [5.41, 5.74) is 0.519. The van der Waals surface area contributed by atoms with E-state index in [0.717, 1.165) is 0 Å². The zero-order chi connectivity index (χ0) is 11.4. The number of hydrogen-bond donors (Lipinski definition) is 0. The van der Waals surface area contributed by atoms with Crippen molar-refractivity contribution in [2.45, 2.75) is 32.6 Å². The molecule has 0 aliphatic rings. The van der Waals surface area contributed by atoms with E-state index in [4.69, 9.17) is 0 Å². The van der Waals surface area contributed by atoms with Gasteiger partial charge < -0.3 is 4.79 Å². The average molecular weight is 212 g/mol. The minimum atomic E-state index is -0.570.